The molecule has 1 N–H and O–H groups in total. The molecule has 2 aromatic rings. The minimum absolute atomic E-state index is 0.0000968. The largest absolute Gasteiger partial charge is 0.488 e. The van der Waals surface area contributed by atoms with E-state index in [1.54, 1.807) is 4.90 Å². The van der Waals surface area contributed by atoms with Crippen LogP contribution in [0, 0.1) is 0 Å². The third-order valence-electron chi connectivity index (χ3n) is 6.59. The standard InChI is InChI=1S/C26H28N2O4/c1-17-10-13-22(25(29)27-17)28-15-19-14-20(11-12-21(19)26(28)30)32-24-9-5-8-23(24)31-16-18-6-3-2-4-7-18/h2-4,6-7,11-12,14,22-24H,1,5,8-10,13,15-16H2,(H,27,29)/t22?,23-,24+/m1/s1. The fraction of sp³-hybridized carbons (Fsp3) is 0.385. The quantitative estimate of drug-likeness (QED) is 0.751. The Bertz CT molecular complexity index is 1040. The van der Waals surface area contributed by atoms with Crippen molar-refractivity contribution in [1.82, 2.24) is 10.2 Å². The van der Waals surface area contributed by atoms with Gasteiger partial charge >= 0.3 is 0 Å². The van der Waals surface area contributed by atoms with Crippen molar-refractivity contribution in [3.63, 3.8) is 0 Å². The minimum atomic E-state index is -0.449. The van der Waals surface area contributed by atoms with E-state index in [0.717, 1.165) is 36.1 Å². The molecule has 6 nitrogen and oxygen atoms in total. The van der Waals surface area contributed by atoms with Gasteiger partial charge in [0.25, 0.3) is 5.91 Å². The van der Waals surface area contributed by atoms with Gasteiger partial charge in [-0.2, -0.15) is 0 Å². The third kappa shape index (κ3) is 4.15. The summed E-state index contributed by atoms with van der Waals surface area (Å²) in [6, 6.07) is 15.3. The summed E-state index contributed by atoms with van der Waals surface area (Å²) in [5.74, 6) is 0.507. The molecule has 0 aromatic heterocycles. The number of nitrogens with zero attached hydrogens (tertiary/aromatic N) is 1. The van der Waals surface area contributed by atoms with E-state index < -0.39 is 6.04 Å². The van der Waals surface area contributed by atoms with Crippen LogP contribution < -0.4 is 10.1 Å². The Balaban J connectivity index is 1.24. The van der Waals surface area contributed by atoms with Gasteiger partial charge in [0.1, 0.15) is 17.9 Å². The number of nitrogens with one attached hydrogen (secondary N) is 1. The molecule has 6 heteroatoms. The normalized spacial score (nSPS) is 25.1. The molecule has 5 rings (SSSR count). The lowest BCUT2D eigenvalue weighted by molar-refractivity contribution is -0.126. The van der Waals surface area contributed by atoms with E-state index in [-0.39, 0.29) is 24.0 Å². The van der Waals surface area contributed by atoms with E-state index in [9.17, 15) is 9.59 Å². The van der Waals surface area contributed by atoms with Gasteiger partial charge in [-0.25, -0.2) is 0 Å². The molecule has 3 aliphatic rings. The molecule has 0 bridgehead atoms. The van der Waals surface area contributed by atoms with E-state index >= 15 is 0 Å². The molecule has 1 saturated heterocycles. The Labute approximate surface area is 188 Å². The Kier molecular flexibility index (Phi) is 5.70. The molecule has 0 spiro atoms. The second-order valence-electron chi connectivity index (χ2n) is 8.82. The number of carbonyl (C=O) groups excluding carboxylic acids is 2. The van der Waals surface area contributed by atoms with Crippen molar-refractivity contribution in [2.75, 3.05) is 0 Å². The van der Waals surface area contributed by atoms with Gasteiger partial charge in [0.2, 0.25) is 5.91 Å². The summed E-state index contributed by atoms with van der Waals surface area (Å²) in [5, 5.41) is 2.78. The molecule has 3 atom stereocenters. The summed E-state index contributed by atoms with van der Waals surface area (Å²) in [6.07, 6.45) is 4.36. The molecular weight excluding hydrogens is 404 g/mol. The number of fused-ring (bicyclic) bond motifs is 1. The van der Waals surface area contributed by atoms with Crippen LogP contribution in [0.25, 0.3) is 0 Å². The molecule has 2 aliphatic heterocycles. The van der Waals surface area contributed by atoms with E-state index in [1.165, 1.54) is 0 Å². The van der Waals surface area contributed by atoms with Crippen molar-refractivity contribution in [1.29, 1.82) is 0 Å². The molecule has 2 fully saturated rings. The van der Waals surface area contributed by atoms with Crippen LogP contribution in [0.15, 0.2) is 60.8 Å². The van der Waals surface area contributed by atoms with E-state index in [0.29, 0.717) is 37.3 Å². The third-order valence-corrected chi connectivity index (χ3v) is 6.59. The molecule has 0 radical (unpaired) electrons. The minimum Gasteiger partial charge on any atom is -0.488 e. The van der Waals surface area contributed by atoms with Crippen LogP contribution in [0.4, 0.5) is 0 Å². The Morgan fingerprint density at radius 2 is 1.84 bits per heavy atom. The van der Waals surface area contributed by atoms with Crippen molar-refractivity contribution in [2.45, 2.75) is 63.5 Å². The summed E-state index contributed by atoms with van der Waals surface area (Å²) in [6.45, 7) is 4.82. The van der Waals surface area contributed by atoms with E-state index in [2.05, 4.69) is 24.0 Å². The predicted octanol–water partition coefficient (Wildman–Crippen LogP) is 3.95. The van der Waals surface area contributed by atoms with Crippen LogP contribution in [0.2, 0.25) is 0 Å². The molecule has 2 heterocycles. The summed E-state index contributed by atoms with van der Waals surface area (Å²) in [7, 11) is 0. The lowest BCUT2D eigenvalue weighted by atomic mass is 10.0. The SMILES string of the molecule is C=C1CCC(N2Cc3cc(O[C@H]4CCC[C@H]4OCc4ccccc4)ccc3C2=O)C(=O)N1. The summed E-state index contributed by atoms with van der Waals surface area (Å²) in [4.78, 5) is 27.0. The van der Waals surface area contributed by atoms with Gasteiger partial charge in [-0.15, -0.1) is 0 Å². The number of allylic oxidation sites excluding steroid dienone is 1. The molecule has 1 aliphatic carbocycles. The number of carbonyl (C=O) groups is 2. The van der Waals surface area contributed by atoms with E-state index in [1.807, 2.05) is 36.4 Å². The van der Waals surface area contributed by atoms with Gasteiger partial charge < -0.3 is 19.7 Å². The lowest BCUT2D eigenvalue weighted by Crippen LogP contribution is -2.49. The van der Waals surface area contributed by atoms with Gasteiger partial charge in [-0.1, -0.05) is 36.9 Å². The monoisotopic (exact) mass is 432 g/mol. The Morgan fingerprint density at radius 3 is 2.66 bits per heavy atom. The maximum Gasteiger partial charge on any atom is 0.255 e. The van der Waals surface area contributed by atoms with Crippen LogP contribution in [-0.2, 0) is 22.7 Å². The Hall–Kier alpha value is -3.12. The highest BCUT2D eigenvalue weighted by Gasteiger charge is 2.38. The van der Waals surface area contributed by atoms with Crippen LogP contribution in [-0.4, -0.2) is 35.0 Å². The number of hydrogen-bond acceptors (Lipinski definition) is 4. The van der Waals surface area contributed by atoms with Crippen molar-refractivity contribution >= 4 is 11.8 Å². The van der Waals surface area contributed by atoms with Gasteiger partial charge in [-0.05, 0) is 61.4 Å². The zero-order valence-electron chi connectivity index (χ0n) is 18.1. The lowest BCUT2D eigenvalue weighted by Gasteiger charge is -2.30. The topological polar surface area (TPSA) is 67.9 Å². The second-order valence-corrected chi connectivity index (χ2v) is 8.82. The number of ether oxygens (including phenoxy) is 2. The zero-order chi connectivity index (χ0) is 22.1. The molecule has 1 unspecified atom stereocenters. The molecule has 32 heavy (non-hydrogen) atoms. The van der Waals surface area contributed by atoms with Gasteiger partial charge in [0.05, 0.1) is 12.7 Å². The highest BCUT2D eigenvalue weighted by atomic mass is 16.5. The summed E-state index contributed by atoms with van der Waals surface area (Å²) >= 11 is 0. The first-order chi connectivity index (χ1) is 15.6. The Morgan fingerprint density at radius 1 is 1.03 bits per heavy atom. The summed E-state index contributed by atoms with van der Waals surface area (Å²) in [5.41, 5.74) is 3.43. The molecular formula is C26H28N2O4. The highest BCUT2D eigenvalue weighted by Crippen LogP contribution is 2.33. The predicted molar refractivity (Wildman–Crippen MR) is 120 cm³/mol. The van der Waals surface area contributed by atoms with Crippen LogP contribution in [0.3, 0.4) is 0 Å². The highest BCUT2D eigenvalue weighted by molar-refractivity contribution is 6.01. The van der Waals surface area contributed by atoms with Crippen molar-refractivity contribution in [3.05, 3.63) is 77.5 Å². The van der Waals surface area contributed by atoms with Crippen LogP contribution in [0.5, 0.6) is 5.75 Å². The van der Waals surface area contributed by atoms with Gasteiger partial charge in [0.15, 0.2) is 0 Å². The summed E-state index contributed by atoms with van der Waals surface area (Å²) < 4.78 is 12.5. The average molecular weight is 433 g/mol. The smallest absolute Gasteiger partial charge is 0.255 e. The van der Waals surface area contributed by atoms with Gasteiger partial charge in [-0.3, -0.25) is 9.59 Å². The maximum atomic E-state index is 12.9. The second kappa shape index (κ2) is 8.79. The number of piperidine rings is 1. The first-order valence-corrected chi connectivity index (χ1v) is 11.3. The van der Waals surface area contributed by atoms with Crippen LogP contribution >= 0.6 is 0 Å². The fourth-order valence-electron chi connectivity index (χ4n) is 4.87. The van der Waals surface area contributed by atoms with Crippen LogP contribution in [0.1, 0.15) is 53.6 Å². The van der Waals surface area contributed by atoms with E-state index in [4.69, 9.17) is 9.47 Å². The number of benzene rings is 2. The number of hydrogen-bond donors (Lipinski definition) is 1. The van der Waals surface area contributed by atoms with Crippen molar-refractivity contribution in [2.24, 2.45) is 0 Å². The first-order valence-electron chi connectivity index (χ1n) is 11.3. The average Bonchev–Trinajstić information content (AvgIpc) is 3.37. The number of amides is 2. The first kappa shape index (κ1) is 20.8. The van der Waals surface area contributed by atoms with Gasteiger partial charge in [0, 0.05) is 17.8 Å². The van der Waals surface area contributed by atoms with Crippen molar-refractivity contribution in [3.8, 4) is 5.75 Å². The maximum absolute atomic E-state index is 12.9. The zero-order valence-corrected chi connectivity index (χ0v) is 18.1. The van der Waals surface area contributed by atoms with Crippen molar-refractivity contribution < 1.29 is 19.1 Å². The number of rotatable bonds is 6. The molecule has 1 saturated carbocycles. The molecule has 2 aromatic carbocycles. The fourth-order valence-corrected chi connectivity index (χ4v) is 4.87. The molecule has 2 amide bonds. The molecule has 166 valence electrons.